The average molecular weight is 238 g/mol. The van der Waals surface area contributed by atoms with Crippen molar-refractivity contribution in [2.45, 2.75) is 13.0 Å². The molecular formula is C12H15FN2O2. The van der Waals surface area contributed by atoms with E-state index in [9.17, 15) is 9.18 Å². The van der Waals surface area contributed by atoms with Crippen molar-refractivity contribution < 1.29 is 14.3 Å². The summed E-state index contributed by atoms with van der Waals surface area (Å²) >= 11 is 0. The Morgan fingerprint density at radius 3 is 2.94 bits per heavy atom. The lowest BCUT2D eigenvalue weighted by molar-refractivity contribution is 0.0692. The first-order valence-electron chi connectivity index (χ1n) is 5.59. The molecule has 2 N–H and O–H groups in total. The Bertz CT molecular complexity index is 437. The Morgan fingerprint density at radius 1 is 1.59 bits per heavy atom. The molecule has 1 aliphatic rings. The van der Waals surface area contributed by atoms with Crippen molar-refractivity contribution in [2.75, 3.05) is 24.5 Å². The third-order valence-electron chi connectivity index (χ3n) is 2.92. The quantitative estimate of drug-likeness (QED) is 0.816. The van der Waals surface area contributed by atoms with Crippen LogP contribution < -0.4 is 10.2 Å². The Morgan fingerprint density at radius 2 is 2.35 bits per heavy atom. The summed E-state index contributed by atoms with van der Waals surface area (Å²) in [6.07, 6.45) is 0. The number of nitrogens with one attached hydrogen (secondary N) is 1. The van der Waals surface area contributed by atoms with Crippen LogP contribution in [-0.2, 0) is 0 Å². The molecule has 1 aliphatic heterocycles. The molecule has 0 amide bonds. The minimum absolute atomic E-state index is 0.281. The van der Waals surface area contributed by atoms with E-state index in [2.05, 4.69) is 17.1 Å². The number of carboxylic acid groups (broad SMARTS) is 1. The van der Waals surface area contributed by atoms with Crippen molar-refractivity contribution in [1.29, 1.82) is 0 Å². The molecule has 1 atom stereocenters. The molecule has 0 spiro atoms. The number of aromatic carboxylic acids is 1. The predicted octanol–water partition coefficient (Wildman–Crippen LogP) is 1.32. The van der Waals surface area contributed by atoms with Gasteiger partial charge in [0.05, 0.1) is 5.56 Å². The summed E-state index contributed by atoms with van der Waals surface area (Å²) in [5, 5.41) is 12.0. The van der Waals surface area contributed by atoms with Gasteiger partial charge in [0.25, 0.3) is 0 Å². The molecule has 1 heterocycles. The second kappa shape index (κ2) is 4.71. The maximum Gasteiger partial charge on any atom is 0.338 e. The zero-order valence-electron chi connectivity index (χ0n) is 9.61. The summed E-state index contributed by atoms with van der Waals surface area (Å²) < 4.78 is 13.5. The lowest BCUT2D eigenvalue weighted by atomic mass is 10.1. The zero-order valence-corrected chi connectivity index (χ0v) is 9.61. The van der Waals surface area contributed by atoms with Gasteiger partial charge in [-0.05, 0) is 25.1 Å². The summed E-state index contributed by atoms with van der Waals surface area (Å²) in [6, 6.07) is 4.62. The standard InChI is InChI=1S/C12H15FN2O2/c1-8-7-15(5-4-14-8)9-2-3-10(12(16)17)11(13)6-9/h2-3,6,8,14H,4-5,7H2,1H3,(H,16,17). The van der Waals surface area contributed by atoms with Crippen molar-refractivity contribution in [2.24, 2.45) is 0 Å². The van der Waals surface area contributed by atoms with Crippen molar-refractivity contribution in [3.8, 4) is 0 Å². The van der Waals surface area contributed by atoms with Crippen molar-refractivity contribution in [3.05, 3.63) is 29.6 Å². The monoisotopic (exact) mass is 238 g/mol. The molecule has 0 aromatic heterocycles. The highest BCUT2D eigenvalue weighted by Gasteiger charge is 2.18. The molecule has 0 radical (unpaired) electrons. The van der Waals surface area contributed by atoms with Crippen LogP contribution in [0.15, 0.2) is 18.2 Å². The van der Waals surface area contributed by atoms with Gasteiger partial charge in [0.15, 0.2) is 0 Å². The Hall–Kier alpha value is -1.62. The molecule has 4 nitrogen and oxygen atoms in total. The van der Waals surface area contributed by atoms with Crippen molar-refractivity contribution in [3.63, 3.8) is 0 Å². The van der Waals surface area contributed by atoms with Gasteiger partial charge in [-0.25, -0.2) is 9.18 Å². The number of benzene rings is 1. The molecule has 1 saturated heterocycles. The number of hydrogen-bond acceptors (Lipinski definition) is 3. The second-order valence-electron chi connectivity index (χ2n) is 4.27. The van der Waals surface area contributed by atoms with E-state index >= 15 is 0 Å². The van der Waals surface area contributed by atoms with Gasteiger partial charge in [-0.2, -0.15) is 0 Å². The first kappa shape index (κ1) is 11.9. The number of rotatable bonds is 2. The molecular weight excluding hydrogens is 223 g/mol. The van der Waals surface area contributed by atoms with Crippen LogP contribution in [0.2, 0.25) is 0 Å². The summed E-state index contributed by atoms with van der Waals surface area (Å²) in [4.78, 5) is 12.7. The summed E-state index contributed by atoms with van der Waals surface area (Å²) in [6.45, 7) is 4.51. The largest absolute Gasteiger partial charge is 0.478 e. The highest BCUT2D eigenvalue weighted by Crippen LogP contribution is 2.20. The summed E-state index contributed by atoms with van der Waals surface area (Å²) in [5.74, 6) is -1.91. The van der Waals surface area contributed by atoms with Crippen LogP contribution >= 0.6 is 0 Å². The van der Waals surface area contributed by atoms with Crippen molar-refractivity contribution in [1.82, 2.24) is 5.32 Å². The number of carbonyl (C=O) groups is 1. The van der Waals surface area contributed by atoms with E-state index in [4.69, 9.17) is 5.11 Å². The molecule has 1 aromatic carbocycles. The molecule has 92 valence electrons. The fourth-order valence-corrected chi connectivity index (χ4v) is 2.04. The Labute approximate surface area is 99.0 Å². The van der Waals surface area contributed by atoms with Crippen LogP contribution in [0.4, 0.5) is 10.1 Å². The smallest absolute Gasteiger partial charge is 0.338 e. The minimum atomic E-state index is -1.23. The van der Waals surface area contributed by atoms with Gasteiger partial charge in [-0.3, -0.25) is 0 Å². The fourth-order valence-electron chi connectivity index (χ4n) is 2.04. The van der Waals surface area contributed by atoms with Gasteiger partial charge >= 0.3 is 5.97 Å². The fraction of sp³-hybridized carbons (Fsp3) is 0.417. The molecule has 17 heavy (non-hydrogen) atoms. The van der Waals surface area contributed by atoms with E-state index < -0.39 is 11.8 Å². The molecule has 1 unspecified atom stereocenters. The van der Waals surface area contributed by atoms with Gasteiger partial charge in [0, 0.05) is 31.4 Å². The van der Waals surface area contributed by atoms with Gasteiger partial charge in [0.2, 0.25) is 0 Å². The van der Waals surface area contributed by atoms with E-state index in [0.29, 0.717) is 6.04 Å². The third-order valence-corrected chi connectivity index (χ3v) is 2.92. The maximum atomic E-state index is 13.5. The first-order valence-corrected chi connectivity index (χ1v) is 5.59. The number of halogens is 1. The first-order chi connectivity index (χ1) is 8.08. The third kappa shape index (κ3) is 2.55. The number of carboxylic acids is 1. The Balaban J connectivity index is 2.22. The minimum Gasteiger partial charge on any atom is -0.478 e. The number of piperazine rings is 1. The van der Waals surface area contributed by atoms with Gasteiger partial charge in [-0.15, -0.1) is 0 Å². The Kier molecular flexibility index (Phi) is 3.28. The molecule has 1 aromatic rings. The van der Waals surface area contributed by atoms with Gasteiger partial charge in [-0.1, -0.05) is 0 Å². The predicted molar refractivity (Wildman–Crippen MR) is 63.0 cm³/mol. The highest BCUT2D eigenvalue weighted by atomic mass is 19.1. The second-order valence-corrected chi connectivity index (χ2v) is 4.27. The van der Waals surface area contributed by atoms with Crippen molar-refractivity contribution >= 4 is 11.7 Å². The molecule has 0 bridgehead atoms. The van der Waals surface area contributed by atoms with Crippen LogP contribution in [-0.4, -0.2) is 36.8 Å². The molecule has 2 rings (SSSR count). The van der Waals surface area contributed by atoms with E-state index in [1.807, 2.05) is 0 Å². The van der Waals surface area contributed by atoms with Gasteiger partial charge in [0.1, 0.15) is 5.82 Å². The summed E-state index contributed by atoms with van der Waals surface area (Å²) in [5.41, 5.74) is 0.456. The van der Waals surface area contributed by atoms with Crippen LogP contribution in [0.3, 0.4) is 0 Å². The van der Waals surface area contributed by atoms with Crippen LogP contribution in [0.1, 0.15) is 17.3 Å². The summed E-state index contributed by atoms with van der Waals surface area (Å²) in [7, 11) is 0. The lowest BCUT2D eigenvalue weighted by Gasteiger charge is -2.33. The molecule has 0 aliphatic carbocycles. The van der Waals surface area contributed by atoms with E-state index in [1.165, 1.54) is 12.1 Å². The van der Waals surface area contributed by atoms with Crippen LogP contribution in [0, 0.1) is 5.82 Å². The van der Waals surface area contributed by atoms with E-state index in [0.717, 1.165) is 25.3 Å². The van der Waals surface area contributed by atoms with Crippen LogP contribution in [0.25, 0.3) is 0 Å². The average Bonchev–Trinajstić information content (AvgIpc) is 2.28. The number of anilines is 1. The highest BCUT2D eigenvalue weighted by molar-refractivity contribution is 5.88. The lowest BCUT2D eigenvalue weighted by Crippen LogP contribution is -2.49. The number of hydrogen-bond donors (Lipinski definition) is 2. The van der Waals surface area contributed by atoms with E-state index in [-0.39, 0.29) is 5.56 Å². The number of nitrogens with zero attached hydrogens (tertiary/aromatic N) is 1. The molecule has 1 fully saturated rings. The SMILES string of the molecule is CC1CN(c2ccc(C(=O)O)c(F)c2)CCN1. The van der Waals surface area contributed by atoms with Crippen LogP contribution in [0.5, 0.6) is 0 Å². The topological polar surface area (TPSA) is 52.6 Å². The molecule has 5 heteroatoms. The normalized spacial score (nSPS) is 20.4. The molecule has 0 saturated carbocycles. The van der Waals surface area contributed by atoms with E-state index in [1.54, 1.807) is 6.07 Å². The van der Waals surface area contributed by atoms with Gasteiger partial charge < -0.3 is 15.3 Å². The zero-order chi connectivity index (χ0) is 12.4. The maximum absolute atomic E-state index is 13.5.